The van der Waals surface area contributed by atoms with Crippen molar-refractivity contribution in [2.45, 2.75) is 110 Å². The van der Waals surface area contributed by atoms with Gasteiger partial charge in [-0.3, -0.25) is 9.59 Å². The molecule has 0 atom stereocenters. The molecule has 22 heavy (non-hydrogen) atoms. The van der Waals surface area contributed by atoms with E-state index in [0.717, 1.165) is 57.8 Å². The molecule has 0 rings (SSSR count). The molecule has 130 valence electrons. The summed E-state index contributed by atoms with van der Waals surface area (Å²) in [4.78, 5) is 22.1. The van der Waals surface area contributed by atoms with Crippen molar-refractivity contribution in [1.29, 1.82) is 0 Å². The third-order valence-electron chi connectivity index (χ3n) is 4.16. The number of carboxylic acids is 1. The van der Waals surface area contributed by atoms with Gasteiger partial charge < -0.3 is 5.11 Å². The van der Waals surface area contributed by atoms with Gasteiger partial charge in [0.1, 0.15) is 5.78 Å². The van der Waals surface area contributed by atoms with Gasteiger partial charge in [-0.1, -0.05) is 71.1 Å². The molecule has 3 heteroatoms. The van der Waals surface area contributed by atoms with Crippen LogP contribution < -0.4 is 0 Å². The number of hydrogen-bond acceptors (Lipinski definition) is 2. The van der Waals surface area contributed by atoms with E-state index >= 15 is 0 Å². The van der Waals surface area contributed by atoms with Crippen molar-refractivity contribution < 1.29 is 14.7 Å². The number of unbranched alkanes of at least 4 members (excludes halogenated alkanes) is 11. The van der Waals surface area contributed by atoms with Gasteiger partial charge in [-0.15, -0.1) is 0 Å². The van der Waals surface area contributed by atoms with Crippen LogP contribution in [0, 0.1) is 0 Å². The maximum atomic E-state index is 11.7. The van der Waals surface area contributed by atoms with E-state index in [2.05, 4.69) is 6.92 Å². The Morgan fingerprint density at radius 2 is 0.955 bits per heavy atom. The third kappa shape index (κ3) is 17.2. The maximum absolute atomic E-state index is 11.7. The molecule has 0 saturated heterocycles. The van der Waals surface area contributed by atoms with E-state index in [-0.39, 0.29) is 6.42 Å². The largest absolute Gasteiger partial charge is 0.481 e. The predicted molar refractivity (Wildman–Crippen MR) is 92.2 cm³/mol. The van der Waals surface area contributed by atoms with E-state index in [4.69, 9.17) is 5.11 Å². The zero-order valence-corrected chi connectivity index (χ0v) is 14.6. The number of hydrogen-bond donors (Lipinski definition) is 1. The Labute approximate surface area is 136 Å². The van der Waals surface area contributed by atoms with Crippen LogP contribution in [0.5, 0.6) is 0 Å². The van der Waals surface area contributed by atoms with Crippen LogP contribution in [0.4, 0.5) is 0 Å². The topological polar surface area (TPSA) is 54.4 Å². The van der Waals surface area contributed by atoms with E-state index in [1.54, 1.807) is 0 Å². The van der Waals surface area contributed by atoms with Crippen molar-refractivity contribution in [1.82, 2.24) is 0 Å². The highest BCUT2D eigenvalue weighted by molar-refractivity contribution is 5.78. The summed E-state index contributed by atoms with van der Waals surface area (Å²) >= 11 is 0. The van der Waals surface area contributed by atoms with E-state index in [9.17, 15) is 9.59 Å². The summed E-state index contributed by atoms with van der Waals surface area (Å²) in [6.45, 7) is 2.23. The SMILES string of the molecule is CCCCCCCCCC(=O)CCCCCCCCC(=O)O. The Kier molecular flexibility index (Phi) is 15.9. The lowest BCUT2D eigenvalue weighted by atomic mass is 10.0. The zero-order chi connectivity index (χ0) is 16.5. The molecule has 1 N–H and O–H groups in total. The van der Waals surface area contributed by atoms with Crippen LogP contribution in [0.2, 0.25) is 0 Å². The monoisotopic (exact) mass is 312 g/mol. The fourth-order valence-corrected chi connectivity index (χ4v) is 2.71. The molecule has 0 aromatic carbocycles. The molecule has 0 aliphatic rings. The standard InChI is InChI=1S/C19H36O3/c1-2-3-4-5-6-9-12-15-18(20)16-13-10-7-8-11-14-17-19(21)22/h2-17H2,1H3,(H,21,22). The highest BCUT2D eigenvalue weighted by Crippen LogP contribution is 2.12. The normalized spacial score (nSPS) is 10.8. The van der Waals surface area contributed by atoms with E-state index in [1.807, 2.05) is 0 Å². The minimum Gasteiger partial charge on any atom is -0.481 e. The third-order valence-corrected chi connectivity index (χ3v) is 4.16. The van der Waals surface area contributed by atoms with Gasteiger partial charge in [0, 0.05) is 19.3 Å². The van der Waals surface area contributed by atoms with Crippen LogP contribution in [-0.2, 0) is 9.59 Å². The molecule has 0 amide bonds. The first-order valence-electron chi connectivity index (χ1n) is 9.40. The molecule has 3 nitrogen and oxygen atoms in total. The number of carboxylic acid groups (broad SMARTS) is 1. The number of Topliss-reactive ketones (excluding diaryl/α,β-unsaturated/α-hetero) is 1. The first kappa shape index (κ1) is 21.1. The zero-order valence-electron chi connectivity index (χ0n) is 14.6. The molecular formula is C19H36O3. The summed E-state index contributed by atoms with van der Waals surface area (Å²) in [6.07, 6.45) is 16.8. The summed E-state index contributed by atoms with van der Waals surface area (Å²) in [5.41, 5.74) is 0. The number of ketones is 1. The van der Waals surface area contributed by atoms with Gasteiger partial charge in [0.2, 0.25) is 0 Å². The van der Waals surface area contributed by atoms with Crippen LogP contribution in [0.1, 0.15) is 110 Å². The summed E-state index contributed by atoms with van der Waals surface area (Å²) in [5.74, 6) is -0.268. The highest BCUT2D eigenvalue weighted by Gasteiger charge is 2.02. The first-order chi connectivity index (χ1) is 10.7. The molecule has 0 aliphatic heterocycles. The summed E-state index contributed by atoms with van der Waals surface area (Å²) in [7, 11) is 0. The molecule has 0 aromatic rings. The van der Waals surface area contributed by atoms with Crippen molar-refractivity contribution in [3.63, 3.8) is 0 Å². The first-order valence-corrected chi connectivity index (χ1v) is 9.40. The Morgan fingerprint density at radius 3 is 1.36 bits per heavy atom. The number of carbonyl (C=O) groups excluding carboxylic acids is 1. The second-order valence-corrected chi connectivity index (χ2v) is 6.43. The lowest BCUT2D eigenvalue weighted by Crippen LogP contribution is -1.97. The van der Waals surface area contributed by atoms with Crippen molar-refractivity contribution >= 4 is 11.8 Å². The Bertz CT molecular complexity index is 274. The lowest BCUT2D eigenvalue weighted by molar-refractivity contribution is -0.137. The number of carbonyl (C=O) groups is 2. The summed E-state index contributed by atoms with van der Waals surface area (Å²) < 4.78 is 0. The lowest BCUT2D eigenvalue weighted by Gasteiger charge is -2.03. The van der Waals surface area contributed by atoms with Crippen LogP contribution in [-0.4, -0.2) is 16.9 Å². The Balaban J connectivity index is 3.17. The average Bonchev–Trinajstić information content (AvgIpc) is 2.48. The average molecular weight is 312 g/mol. The molecule has 0 aromatic heterocycles. The summed E-state index contributed by atoms with van der Waals surface area (Å²) in [6, 6.07) is 0. The van der Waals surface area contributed by atoms with Gasteiger partial charge in [-0.05, 0) is 19.3 Å². The van der Waals surface area contributed by atoms with Gasteiger partial charge in [-0.2, -0.15) is 0 Å². The Hall–Kier alpha value is -0.860. The fourth-order valence-electron chi connectivity index (χ4n) is 2.71. The highest BCUT2D eigenvalue weighted by atomic mass is 16.4. The van der Waals surface area contributed by atoms with Crippen molar-refractivity contribution in [3.05, 3.63) is 0 Å². The molecule has 0 aliphatic carbocycles. The molecule has 0 bridgehead atoms. The molecule has 0 radical (unpaired) electrons. The van der Waals surface area contributed by atoms with Crippen LogP contribution in [0.15, 0.2) is 0 Å². The Morgan fingerprint density at radius 1 is 0.591 bits per heavy atom. The molecule has 0 saturated carbocycles. The van der Waals surface area contributed by atoms with Crippen LogP contribution >= 0.6 is 0 Å². The molecular weight excluding hydrogens is 276 g/mol. The minimum atomic E-state index is -0.698. The minimum absolute atomic E-state index is 0.289. The van der Waals surface area contributed by atoms with Crippen molar-refractivity contribution in [2.75, 3.05) is 0 Å². The van der Waals surface area contributed by atoms with E-state index in [0.29, 0.717) is 5.78 Å². The maximum Gasteiger partial charge on any atom is 0.303 e. The van der Waals surface area contributed by atoms with Gasteiger partial charge >= 0.3 is 5.97 Å². The van der Waals surface area contributed by atoms with Crippen molar-refractivity contribution in [3.8, 4) is 0 Å². The van der Waals surface area contributed by atoms with Gasteiger partial charge in [0.25, 0.3) is 0 Å². The van der Waals surface area contributed by atoms with E-state index in [1.165, 1.54) is 38.5 Å². The smallest absolute Gasteiger partial charge is 0.303 e. The molecule has 0 unspecified atom stereocenters. The van der Waals surface area contributed by atoms with Crippen LogP contribution in [0.3, 0.4) is 0 Å². The van der Waals surface area contributed by atoms with Gasteiger partial charge in [0.15, 0.2) is 0 Å². The van der Waals surface area contributed by atoms with E-state index < -0.39 is 5.97 Å². The number of rotatable bonds is 17. The van der Waals surface area contributed by atoms with Crippen LogP contribution in [0.25, 0.3) is 0 Å². The second kappa shape index (κ2) is 16.5. The molecule has 0 fully saturated rings. The molecule has 0 heterocycles. The second-order valence-electron chi connectivity index (χ2n) is 6.43. The molecule has 0 spiro atoms. The summed E-state index contributed by atoms with van der Waals surface area (Å²) in [5, 5.41) is 8.52. The van der Waals surface area contributed by atoms with Crippen molar-refractivity contribution in [2.24, 2.45) is 0 Å². The van der Waals surface area contributed by atoms with Gasteiger partial charge in [0.05, 0.1) is 0 Å². The predicted octanol–water partition coefficient (Wildman–Crippen LogP) is 5.90. The van der Waals surface area contributed by atoms with Gasteiger partial charge in [-0.25, -0.2) is 0 Å². The fraction of sp³-hybridized carbons (Fsp3) is 0.895. The quantitative estimate of drug-likeness (QED) is 0.340. The number of aliphatic carboxylic acids is 1.